The van der Waals surface area contributed by atoms with E-state index in [1.165, 1.54) is 16.7 Å². The van der Waals surface area contributed by atoms with E-state index in [0.29, 0.717) is 0 Å². The van der Waals surface area contributed by atoms with Crippen LogP contribution < -0.4 is 0 Å². The van der Waals surface area contributed by atoms with Crippen LogP contribution in [0.2, 0.25) is 6.55 Å². The molecule has 0 unspecified atom stereocenters. The first-order valence-corrected chi connectivity index (χ1v) is 9.66. The van der Waals surface area contributed by atoms with E-state index in [-0.39, 0.29) is 14.6 Å². The summed E-state index contributed by atoms with van der Waals surface area (Å²) in [5, 5.41) is 0.0593. The first-order valence-electron chi connectivity index (χ1n) is 7.54. The molecule has 21 heavy (non-hydrogen) atoms. The van der Waals surface area contributed by atoms with E-state index in [9.17, 15) is 0 Å². The van der Waals surface area contributed by atoms with Crippen molar-refractivity contribution in [2.45, 2.75) is 11.6 Å². The molecule has 0 nitrogen and oxygen atoms in total. The highest BCUT2D eigenvalue weighted by Gasteiger charge is 2.34. The second-order valence-electron chi connectivity index (χ2n) is 5.36. The van der Waals surface area contributed by atoms with Gasteiger partial charge in [-0.05, 0) is 16.7 Å². The number of hydrogen-bond donors (Lipinski definition) is 0. The summed E-state index contributed by atoms with van der Waals surface area (Å²) in [6.45, 7) is 2.41. The average molecular weight is 288 g/mol. The molecule has 3 rings (SSSR count). The second kappa shape index (κ2) is 6.11. The van der Waals surface area contributed by atoms with Crippen molar-refractivity contribution in [2.24, 2.45) is 0 Å². The van der Waals surface area contributed by atoms with E-state index in [0.717, 1.165) is 0 Å². The Morgan fingerprint density at radius 2 is 0.810 bits per heavy atom. The standard InChI is InChI=1S/C20H20Si/c1-21-20(17-11-5-2-6-12-17,18-13-7-3-8-14-18)19-15-9-4-10-16-19/h2-16H,21H2,1H3. The van der Waals surface area contributed by atoms with Gasteiger partial charge in [-0.3, -0.25) is 0 Å². The zero-order valence-electron chi connectivity index (χ0n) is 12.4. The summed E-state index contributed by atoms with van der Waals surface area (Å²) in [5.41, 5.74) is 4.24. The van der Waals surface area contributed by atoms with Gasteiger partial charge in [-0.1, -0.05) is 97.5 Å². The van der Waals surface area contributed by atoms with Crippen LogP contribution in [-0.2, 0) is 5.04 Å². The Balaban J connectivity index is 2.29. The van der Waals surface area contributed by atoms with Gasteiger partial charge in [0.05, 0.1) is 0 Å². The SMILES string of the molecule is C[SiH2]C(c1ccccc1)(c1ccccc1)c1ccccc1. The van der Waals surface area contributed by atoms with E-state index in [1.54, 1.807) is 0 Å². The van der Waals surface area contributed by atoms with Gasteiger partial charge >= 0.3 is 0 Å². The molecule has 0 bridgehead atoms. The van der Waals surface area contributed by atoms with Crippen LogP contribution >= 0.6 is 0 Å². The molecule has 104 valence electrons. The summed E-state index contributed by atoms with van der Waals surface area (Å²) in [4.78, 5) is 0. The fourth-order valence-corrected chi connectivity index (χ4v) is 5.21. The minimum Gasteiger partial charge on any atom is -0.0734 e. The Morgan fingerprint density at radius 3 is 1.05 bits per heavy atom. The summed E-state index contributed by atoms with van der Waals surface area (Å²) in [6, 6.07) is 32.9. The molecule has 0 aliphatic rings. The smallest absolute Gasteiger partial charge is 0.0407 e. The van der Waals surface area contributed by atoms with Crippen LogP contribution in [0.15, 0.2) is 91.0 Å². The highest BCUT2D eigenvalue weighted by molar-refractivity contribution is 6.41. The topological polar surface area (TPSA) is 0 Å². The largest absolute Gasteiger partial charge is 0.0734 e. The lowest BCUT2D eigenvalue weighted by Gasteiger charge is -2.35. The summed E-state index contributed by atoms with van der Waals surface area (Å²) in [5.74, 6) is 0. The molecule has 0 spiro atoms. The van der Waals surface area contributed by atoms with Crippen molar-refractivity contribution < 1.29 is 0 Å². The molecule has 0 N–H and O–H groups in total. The summed E-state index contributed by atoms with van der Waals surface area (Å²) < 4.78 is 0. The lowest BCUT2D eigenvalue weighted by Crippen LogP contribution is -2.34. The van der Waals surface area contributed by atoms with Gasteiger partial charge in [0.25, 0.3) is 0 Å². The van der Waals surface area contributed by atoms with Gasteiger partial charge in [-0.15, -0.1) is 0 Å². The zero-order valence-corrected chi connectivity index (χ0v) is 13.8. The molecule has 3 aromatic rings. The Hall–Kier alpha value is -2.12. The number of hydrogen-bond acceptors (Lipinski definition) is 0. The van der Waals surface area contributed by atoms with Crippen LogP contribution in [0, 0.1) is 0 Å². The van der Waals surface area contributed by atoms with E-state index in [4.69, 9.17) is 0 Å². The van der Waals surface area contributed by atoms with Gasteiger partial charge in [0, 0.05) is 14.6 Å². The maximum absolute atomic E-state index is 2.41. The summed E-state index contributed by atoms with van der Waals surface area (Å²) >= 11 is 0. The molecule has 0 saturated heterocycles. The first kappa shape index (κ1) is 13.8. The van der Waals surface area contributed by atoms with Crippen molar-refractivity contribution >= 4 is 9.52 Å². The maximum atomic E-state index is 2.41. The van der Waals surface area contributed by atoms with Crippen LogP contribution in [0.25, 0.3) is 0 Å². The van der Waals surface area contributed by atoms with E-state index in [2.05, 4.69) is 97.5 Å². The third-order valence-electron chi connectivity index (χ3n) is 4.33. The quantitative estimate of drug-likeness (QED) is 0.499. The van der Waals surface area contributed by atoms with Crippen LogP contribution in [0.1, 0.15) is 16.7 Å². The maximum Gasteiger partial charge on any atom is 0.0407 e. The third-order valence-corrected chi connectivity index (χ3v) is 6.62. The molecule has 0 fully saturated rings. The predicted octanol–water partition coefficient (Wildman–Crippen LogP) is 4.20. The highest BCUT2D eigenvalue weighted by Crippen LogP contribution is 2.37. The van der Waals surface area contributed by atoms with Gasteiger partial charge in [-0.25, -0.2) is 0 Å². The molecule has 0 aromatic heterocycles. The molecule has 3 aromatic carbocycles. The molecular formula is C20H20Si. The summed E-state index contributed by atoms with van der Waals surface area (Å²) in [6.07, 6.45) is 0. The van der Waals surface area contributed by atoms with E-state index < -0.39 is 0 Å². The van der Waals surface area contributed by atoms with Crippen molar-refractivity contribution in [3.8, 4) is 0 Å². The van der Waals surface area contributed by atoms with Gasteiger partial charge in [-0.2, -0.15) is 0 Å². The van der Waals surface area contributed by atoms with Gasteiger partial charge in [0.1, 0.15) is 0 Å². The van der Waals surface area contributed by atoms with Crippen LogP contribution in [-0.4, -0.2) is 9.52 Å². The Bertz CT molecular complexity index is 578. The first-order chi connectivity index (χ1) is 10.4. The van der Waals surface area contributed by atoms with Gasteiger partial charge < -0.3 is 0 Å². The van der Waals surface area contributed by atoms with Crippen molar-refractivity contribution in [3.05, 3.63) is 108 Å². The molecule has 0 atom stereocenters. The molecule has 0 heterocycles. The minimum absolute atomic E-state index is 0.0593. The normalized spacial score (nSPS) is 11.9. The lowest BCUT2D eigenvalue weighted by molar-refractivity contribution is 0.865. The molecular weight excluding hydrogens is 268 g/mol. The van der Waals surface area contributed by atoms with Crippen molar-refractivity contribution in [2.75, 3.05) is 0 Å². The van der Waals surface area contributed by atoms with Crippen LogP contribution in [0.3, 0.4) is 0 Å². The van der Waals surface area contributed by atoms with Gasteiger partial charge in [0.15, 0.2) is 0 Å². The number of benzene rings is 3. The van der Waals surface area contributed by atoms with Crippen molar-refractivity contribution in [1.82, 2.24) is 0 Å². The highest BCUT2D eigenvalue weighted by atomic mass is 28.2. The molecule has 0 aliphatic heterocycles. The van der Waals surface area contributed by atoms with Crippen molar-refractivity contribution in [1.29, 1.82) is 0 Å². The monoisotopic (exact) mass is 288 g/mol. The van der Waals surface area contributed by atoms with Crippen LogP contribution in [0.4, 0.5) is 0 Å². The zero-order chi connectivity index (χ0) is 14.5. The minimum atomic E-state index is -0.374. The Morgan fingerprint density at radius 1 is 0.524 bits per heavy atom. The molecule has 0 radical (unpaired) electrons. The van der Waals surface area contributed by atoms with E-state index >= 15 is 0 Å². The second-order valence-corrected chi connectivity index (χ2v) is 7.12. The molecule has 0 amide bonds. The lowest BCUT2D eigenvalue weighted by atomic mass is 9.84. The van der Waals surface area contributed by atoms with E-state index in [1.807, 2.05) is 0 Å². The Labute approximate surface area is 129 Å². The average Bonchev–Trinajstić information content (AvgIpc) is 2.59. The number of rotatable bonds is 4. The predicted molar refractivity (Wildman–Crippen MR) is 93.6 cm³/mol. The van der Waals surface area contributed by atoms with Gasteiger partial charge in [0.2, 0.25) is 0 Å². The fraction of sp³-hybridized carbons (Fsp3) is 0.100. The van der Waals surface area contributed by atoms with Crippen LogP contribution in [0.5, 0.6) is 0 Å². The summed E-state index contributed by atoms with van der Waals surface area (Å²) in [7, 11) is -0.374. The molecule has 1 heteroatoms. The Kier molecular flexibility index (Phi) is 4.02. The molecule has 0 saturated carbocycles. The molecule has 0 aliphatic carbocycles. The third kappa shape index (κ3) is 2.45. The fourth-order valence-electron chi connectivity index (χ4n) is 3.28. The van der Waals surface area contributed by atoms with Crippen molar-refractivity contribution in [3.63, 3.8) is 0 Å².